The normalized spacial score (nSPS) is 11.9. The zero-order chi connectivity index (χ0) is 37.5. The summed E-state index contributed by atoms with van der Waals surface area (Å²) in [4.78, 5) is 10.7. The zero-order valence-corrected chi connectivity index (χ0v) is 30.7. The van der Waals surface area contributed by atoms with Gasteiger partial charge in [0.05, 0.1) is 27.9 Å². The van der Waals surface area contributed by atoms with Gasteiger partial charge in [-0.05, 0) is 59.7 Å². The molecule has 0 spiro atoms. The molecule has 0 amide bonds. The lowest BCUT2D eigenvalue weighted by Gasteiger charge is -2.13. The van der Waals surface area contributed by atoms with Gasteiger partial charge < -0.3 is 8.98 Å². The van der Waals surface area contributed by atoms with Gasteiger partial charge in [-0.15, -0.1) is 0 Å². The molecule has 0 saturated heterocycles. The fraction of sp³-hybridized carbons (Fsp3) is 0. The largest absolute Gasteiger partial charge is 0.454 e. The molecule has 4 aromatic heterocycles. The average molecular weight is 729 g/mol. The molecule has 0 unspecified atom stereocenters. The first-order valence-electron chi connectivity index (χ1n) is 19.3. The van der Waals surface area contributed by atoms with Crippen LogP contribution in [0.15, 0.2) is 199 Å². The molecule has 0 N–H and O–H groups in total. The van der Waals surface area contributed by atoms with E-state index in [1.165, 1.54) is 16.3 Å². The lowest BCUT2D eigenvalue weighted by molar-refractivity contribution is 0.671. The van der Waals surface area contributed by atoms with Crippen molar-refractivity contribution < 1.29 is 4.42 Å². The van der Waals surface area contributed by atoms with Gasteiger partial charge in [-0.3, -0.25) is 4.57 Å². The van der Waals surface area contributed by atoms with E-state index in [-0.39, 0.29) is 0 Å². The molecule has 5 heteroatoms. The van der Waals surface area contributed by atoms with Gasteiger partial charge in [0.15, 0.2) is 5.58 Å². The van der Waals surface area contributed by atoms with Crippen molar-refractivity contribution in [1.82, 2.24) is 19.1 Å². The van der Waals surface area contributed by atoms with Gasteiger partial charge in [-0.2, -0.15) is 0 Å². The molecule has 0 aliphatic heterocycles. The van der Waals surface area contributed by atoms with Crippen LogP contribution in [0.2, 0.25) is 0 Å². The molecular weight excluding hydrogens is 697 g/mol. The Bertz CT molecular complexity index is 3450. The molecule has 4 heterocycles. The maximum atomic E-state index is 6.88. The highest BCUT2D eigenvalue weighted by atomic mass is 16.3. The Morgan fingerprint density at radius 2 is 0.947 bits per heavy atom. The van der Waals surface area contributed by atoms with Crippen molar-refractivity contribution in [2.75, 3.05) is 0 Å². The number of furan rings is 1. The second-order valence-electron chi connectivity index (χ2n) is 14.6. The van der Waals surface area contributed by atoms with Crippen molar-refractivity contribution in [3.8, 4) is 45.3 Å². The Morgan fingerprint density at radius 3 is 1.65 bits per heavy atom. The second kappa shape index (κ2) is 12.4. The van der Waals surface area contributed by atoms with Crippen LogP contribution < -0.4 is 0 Å². The smallest absolute Gasteiger partial charge is 0.235 e. The Morgan fingerprint density at radius 1 is 0.386 bits per heavy atom. The van der Waals surface area contributed by atoms with E-state index in [0.717, 1.165) is 88.6 Å². The number of para-hydroxylation sites is 4. The third-order valence-corrected chi connectivity index (χ3v) is 11.3. The first-order valence-corrected chi connectivity index (χ1v) is 19.3. The molecule has 0 bridgehead atoms. The number of nitrogens with zero attached hydrogens (tertiary/aromatic N) is 4. The van der Waals surface area contributed by atoms with Crippen molar-refractivity contribution in [3.63, 3.8) is 0 Å². The monoisotopic (exact) mass is 728 g/mol. The van der Waals surface area contributed by atoms with Crippen LogP contribution >= 0.6 is 0 Å². The maximum absolute atomic E-state index is 6.88. The van der Waals surface area contributed by atoms with Gasteiger partial charge in [0.1, 0.15) is 11.1 Å². The van der Waals surface area contributed by atoms with Gasteiger partial charge in [-0.1, -0.05) is 146 Å². The van der Waals surface area contributed by atoms with Crippen molar-refractivity contribution in [3.05, 3.63) is 194 Å². The highest BCUT2D eigenvalue weighted by molar-refractivity contribution is 6.26. The quantitative estimate of drug-likeness (QED) is 0.177. The van der Waals surface area contributed by atoms with E-state index in [4.69, 9.17) is 14.4 Å². The van der Waals surface area contributed by atoms with Crippen LogP contribution in [-0.4, -0.2) is 19.1 Å². The van der Waals surface area contributed by atoms with Crippen LogP contribution in [0, 0.1) is 0 Å². The second-order valence-corrected chi connectivity index (χ2v) is 14.6. The van der Waals surface area contributed by atoms with Crippen LogP contribution in [0.3, 0.4) is 0 Å². The number of hydrogen-bond donors (Lipinski definition) is 0. The van der Waals surface area contributed by atoms with Crippen LogP contribution in [-0.2, 0) is 0 Å². The number of hydrogen-bond acceptors (Lipinski definition) is 3. The minimum absolute atomic E-state index is 0.583. The van der Waals surface area contributed by atoms with E-state index >= 15 is 0 Å². The maximum Gasteiger partial charge on any atom is 0.235 e. The van der Waals surface area contributed by atoms with Gasteiger partial charge in [-0.25, -0.2) is 9.97 Å². The number of aromatic nitrogens is 4. The average Bonchev–Trinajstić information content (AvgIpc) is 3.95. The lowest BCUT2D eigenvalue weighted by atomic mass is 9.96. The van der Waals surface area contributed by atoms with E-state index in [1.807, 2.05) is 18.2 Å². The summed E-state index contributed by atoms with van der Waals surface area (Å²) in [6.07, 6.45) is 0. The summed E-state index contributed by atoms with van der Waals surface area (Å²) in [5, 5.41) is 6.74. The van der Waals surface area contributed by atoms with Crippen LogP contribution in [0.25, 0.3) is 111 Å². The number of benzene rings is 8. The molecule has 12 aromatic rings. The summed E-state index contributed by atoms with van der Waals surface area (Å²) in [6.45, 7) is 0. The van der Waals surface area contributed by atoms with Crippen LogP contribution in [0.5, 0.6) is 0 Å². The molecule has 57 heavy (non-hydrogen) atoms. The molecule has 0 atom stereocenters. The lowest BCUT2D eigenvalue weighted by Crippen LogP contribution is -2.04. The molecule has 0 radical (unpaired) electrons. The van der Waals surface area contributed by atoms with Crippen molar-refractivity contribution in [2.45, 2.75) is 0 Å². The predicted octanol–water partition coefficient (Wildman–Crippen LogP) is 13.6. The van der Waals surface area contributed by atoms with E-state index in [1.54, 1.807) is 0 Å². The van der Waals surface area contributed by atoms with Crippen molar-refractivity contribution >= 4 is 65.6 Å². The third kappa shape index (κ3) is 4.82. The summed E-state index contributed by atoms with van der Waals surface area (Å²) in [6, 6.07) is 68.3. The van der Waals surface area contributed by atoms with E-state index in [9.17, 15) is 0 Å². The molecule has 0 aliphatic carbocycles. The summed E-state index contributed by atoms with van der Waals surface area (Å²) >= 11 is 0. The van der Waals surface area contributed by atoms with Gasteiger partial charge in [0.25, 0.3) is 0 Å². The third-order valence-electron chi connectivity index (χ3n) is 11.3. The Labute approximate surface area is 327 Å². The Hall–Kier alpha value is -7.76. The van der Waals surface area contributed by atoms with Gasteiger partial charge in [0, 0.05) is 49.1 Å². The molecule has 0 saturated carbocycles. The van der Waals surface area contributed by atoms with E-state index in [2.05, 4.69) is 185 Å². The topological polar surface area (TPSA) is 48.8 Å². The predicted molar refractivity (Wildman–Crippen MR) is 234 cm³/mol. The summed E-state index contributed by atoms with van der Waals surface area (Å²) in [5.41, 5.74) is 13.0. The van der Waals surface area contributed by atoms with Crippen molar-refractivity contribution in [2.24, 2.45) is 0 Å². The number of fused-ring (bicyclic) bond motifs is 10. The molecule has 266 valence electrons. The summed E-state index contributed by atoms with van der Waals surface area (Å²) < 4.78 is 11.5. The minimum atomic E-state index is 0.583. The summed E-state index contributed by atoms with van der Waals surface area (Å²) in [7, 11) is 0. The van der Waals surface area contributed by atoms with Crippen LogP contribution in [0.4, 0.5) is 0 Å². The molecule has 0 fully saturated rings. The van der Waals surface area contributed by atoms with E-state index < -0.39 is 0 Å². The highest BCUT2D eigenvalue weighted by Crippen LogP contribution is 2.46. The molecule has 0 aliphatic rings. The molecule has 8 aromatic carbocycles. The Kier molecular flexibility index (Phi) is 6.86. The van der Waals surface area contributed by atoms with E-state index in [0.29, 0.717) is 5.95 Å². The minimum Gasteiger partial charge on any atom is -0.454 e. The summed E-state index contributed by atoms with van der Waals surface area (Å²) in [5.74, 6) is 0.583. The van der Waals surface area contributed by atoms with Gasteiger partial charge >= 0.3 is 0 Å². The first kappa shape index (κ1) is 31.6. The molecular formula is C52H32N4O. The SMILES string of the molecule is c1ccc(-c2cc(-c3ccccc3)nc(-n3c4ccccc4c4c(-c5ccc6c7ccccc7n(-c7ccccc7)c6c5)cc5c6ccccc6oc5c43)n2)cc1. The Balaban J connectivity index is 1.23. The zero-order valence-electron chi connectivity index (χ0n) is 30.7. The van der Waals surface area contributed by atoms with Gasteiger partial charge in [0.2, 0.25) is 5.95 Å². The van der Waals surface area contributed by atoms with Crippen molar-refractivity contribution in [1.29, 1.82) is 0 Å². The molecule has 5 nitrogen and oxygen atoms in total. The number of rotatable bonds is 5. The standard InChI is InChI=1S/C52H32N4O/c1-4-16-33(17-5-1)43-32-44(34-18-6-2-7-19-34)54-52(53-43)56-46-26-14-11-24-40(46)49-41(31-42-39-23-12-15-27-48(39)57-51(42)50(49)56)35-28-29-38-37-22-10-13-25-45(37)55(47(38)30-35)36-20-8-3-9-21-36/h1-32H. The highest BCUT2D eigenvalue weighted by Gasteiger charge is 2.25. The fourth-order valence-corrected chi connectivity index (χ4v) is 8.81. The fourth-order valence-electron chi connectivity index (χ4n) is 8.81. The van der Waals surface area contributed by atoms with Crippen LogP contribution in [0.1, 0.15) is 0 Å². The first-order chi connectivity index (χ1) is 28.3. The molecule has 12 rings (SSSR count).